The molecule has 0 bridgehead atoms. The summed E-state index contributed by atoms with van der Waals surface area (Å²) in [6, 6.07) is 11.7. The largest absolute Gasteiger partial charge is 0.485 e. The number of carbonyl (C=O) groups is 1. The molecule has 4 rings (SSSR count). The summed E-state index contributed by atoms with van der Waals surface area (Å²) in [6.07, 6.45) is 0. The van der Waals surface area contributed by atoms with E-state index in [0.717, 1.165) is 16.9 Å². The molecule has 9 heteroatoms. The van der Waals surface area contributed by atoms with Crippen molar-refractivity contribution in [1.29, 1.82) is 0 Å². The number of aryl methyl sites for hydroxylation is 2. The Balaban J connectivity index is 1.46. The molecule has 2 aromatic heterocycles. The molecule has 0 aliphatic heterocycles. The highest BCUT2D eigenvalue weighted by Gasteiger charge is 2.20. The van der Waals surface area contributed by atoms with Crippen molar-refractivity contribution in [2.45, 2.75) is 53.7 Å². The first kappa shape index (κ1) is 26.8. The Morgan fingerprint density at radius 2 is 1.89 bits per heavy atom. The van der Waals surface area contributed by atoms with Crippen molar-refractivity contribution in [3.63, 3.8) is 0 Å². The summed E-state index contributed by atoms with van der Waals surface area (Å²) in [5.74, 6) is 0.765. The molecule has 6 nitrogen and oxygen atoms in total. The van der Waals surface area contributed by atoms with Gasteiger partial charge in [0.05, 0.1) is 23.6 Å². The number of nitrogens with zero attached hydrogens (tertiary/aromatic N) is 2. The quantitative estimate of drug-likeness (QED) is 0.245. The smallest absolute Gasteiger partial charge is 0.291 e. The molecule has 1 N–H and O–H groups in total. The van der Waals surface area contributed by atoms with Crippen LogP contribution >= 0.6 is 23.2 Å². The van der Waals surface area contributed by atoms with Crippen LogP contribution in [0.1, 0.15) is 64.2 Å². The maximum Gasteiger partial charge on any atom is 0.291 e. The number of amides is 1. The van der Waals surface area contributed by atoms with E-state index >= 15 is 0 Å². The Kier molecular flexibility index (Phi) is 7.95. The molecular weight excluding hydrogens is 516 g/mol. The zero-order chi connectivity index (χ0) is 26.9. The molecule has 0 aliphatic carbocycles. The molecule has 1 amide bonds. The first-order valence-electron chi connectivity index (χ1n) is 11.8. The lowest BCUT2D eigenvalue weighted by molar-refractivity contribution is 0.0992. The Bertz CT molecular complexity index is 1440. The van der Waals surface area contributed by atoms with Gasteiger partial charge in [0.15, 0.2) is 5.76 Å². The Morgan fingerprint density at radius 1 is 1.14 bits per heavy atom. The number of ether oxygens (including phenoxy) is 1. The van der Waals surface area contributed by atoms with Gasteiger partial charge in [-0.05, 0) is 74.2 Å². The number of hydrogen-bond acceptors (Lipinski definition) is 4. The fourth-order valence-corrected chi connectivity index (χ4v) is 4.41. The van der Waals surface area contributed by atoms with E-state index in [0.29, 0.717) is 38.4 Å². The van der Waals surface area contributed by atoms with Crippen LogP contribution in [0.5, 0.6) is 5.75 Å². The van der Waals surface area contributed by atoms with Crippen molar-refractivity contribution in [3.05, 3.63) is 97.9 Å². The summed E-state index contributed by atoms with van der Waals surface area (Å²) in [7, 11) is 0. The van der Waals surface area contributed by atoms with Gasteiger partial charge in [0.2, 0.25) is 0 Å². The lowest BCUT2D eigenvalue weighted by Gasteiger charge is -2.15. The van der Waals surface area contributed by atoms with Crippen molar-refractivity contribution in [2.75, 3.05) is 5.32 Å². The van der Waals surface area contributed by atoms with E-state index in [4.69, 9.17) is 32.4 Å². The molecule has 0 aliphatic rings. The maximum absolute atomic E-state index is 14.3. The molecule has 2 heterocycles. The van der Waals surface area contributed by atoms with Gasteiger partial charge in [-0.1, -0.05) is 43.1 Å². The predicted octanol–water partition coefficient (Wildman–Crippen LogP) is 7.85. The van der Waals surface area contributed by atoms with Crippen molar-refractivity contribution < 1.29 is 18.3 Å². The first-order valence-corrected chi connectivity index (χ1v) is 12.6. The van der Waals surface area contributed by atoms with Crippen LogP contribution in [-0.4, -0.2) is 15.7 Å². The van der Waals surface area contributed by atoms with E-state index in [1.165, 1.54) is 6.07 Å². The minimum atomic E-state index is -0.425. The molecule has 194 valence electrons. The summed E-state index contributed by atoms with van der Waals surface area (Å²) < 4.78 is 27.6. The lowest BCUT2D eigenvalue weighted by atomic mass is 10.0. The third-order valence-electron chi connectivity index (χ3n) is 6.16. The van der Waals surface area contributed by atoms with Gasteiger partial charge in [-0.3, -0.25) is 9.48 Å². The minimum absolute atomic E-state index is 0.138. The highest BCUT2D eigenvalue weighted by atomic mass is 35.5. The zero-order valence-corrected chi connectivity index (χ0v) is 22.8. The second-order valence-corrected chi connectivity index (χ2v) is 10.0. The molecule has 0 atom stereocenters. The van der Waals surface area contributed by atoms with Crippen LogP contribution in [0.2, 0.25) is 10.0 Å². The van der Waals surface area contributed by atoms with E-state index in [2.05, 4.69) is 24.3 Å². The molecule has 0 radical (unpaired) electrons. The molecular formula is C28H28Cl2FN3O3. The van der Waals surface area contributed by atoms with Gasteiger partial charge >= 0.3 is 0 Å². The third kappa shape index (κ3) is 5.84. The average molecular weight is 544 g/mol. The van der Waals surface area contributed by atoms with E-state index in [1.807, 2.05) is 19.1 Å². The monoisotopic (exact) mass is 543 g/mol. The topological polar surface area (TPSA) is 69.3 Å². The molecule has 0 fully saturated rings. The van der Waals surface area contributed by atoms with Crippen molar-refractivity contribution >= 4 is 34.8 Å². The molecule has 4 aromatic rings. The number of nitrogens with one attached hydrogen (secondary N) is 1. The van der Waals surface area contributed by atoms with Gasteiger partial charge in [0.1, 0.15) is 23.9 Å². The Labute approximate surface area is 225 Å². The van der Waals surface area contributed by atoms with Crippen LogP contribution in [0, 0.1) is 26.6 Å². The van der Waals surface area contributed by atoms with Gasteiger partial charge in [-0.15, -0.1) is 0 Å². The van der Waals surface area contributed by atoms with Crippen LogP contribution < -0.4 is 10.1 Å². The van der Waals surface area contributed by atoms with Crippen LogP contribution in [0.4, 0.5) is 10.1 Å². The fourth-order valence-electron chi connectivity index (χ4n) is 4.01. The number of benzene rings is 2. The first-order chi connectivity index (χ1) is 17.5. The van der Waals surface area contributed by atoms with Gasteiger partial charge in [0.25, 0.3) is 5.91 Å². The van der Waals surface area contributed by atoms with Crippen LogP contribution in [-0.2, 0) is 13.2 Å². The van der Waals surface area contributed by atoms with Crippen LogP contribution in [0.15, 0.2) is 46.9 Å². The molecule has 37 heavy (non-hydrogen) atoms. The summed E-state index contributed by atoms with van der Waals surface area (Å²) in [6.45, 7) is 9.93. The van der Waals surface area contributed by atoms with E-state index in [9.17, 15) is 9.18 Å². The minimum Gasteiger partial charge on any atom is -0.485 e. The van der Waals surface area contributed by atoms with Gasteiger partial charge in [-0.2, -0.15) is 5.10 Å². The molecule has 2 aromatic carbocycles. The van der Waals surface area contributed by atoms with Crippen molar-refractivity contribution in [3.8, 4) is 5.75 Å². The number of carbonyl (C=O) groups excluding carboxylic acids is 1. The molecule has 0 saturated carbocycles. The van der Waals surface area contributed by atoms with E-state index < -0.39 is 11.7 Å². The van der Waals surface area contributed by atoms with E-state index in [-0.39, 0.29) is 24.8 Å². The highest BCUT2D eigenvalue weighted by molar-refractivity contribution is 6.31. The standard InChI is InChI=1S/C28H28Cl2FN3O3/c1-15(2)20-12-23(30)16(3)11-26(20)36-14-19-9-10-25(37-19)28(35)32-27-17(4)33-34(18(27)5)13-21-22(29)7-6-8-24(21)31/h6-12,15H,13-14H2,1-5H3,(H,32,35). The Hall–Kier alpha value is -3.29. The molecule has 0 saturated heterocycles. The summed E-state index contributed by atoms with van der Waals surface area (Å²) in [5, 5.41) is 8.32. The van der Waals surface area contributed by atoms with Gasteiger partial charge in [-0.25, -0.2) is 4.39 Å². The number of rotatable bonds is 8. The summed E-state index contributed by atoms with van der Waals surface area (Å²) >= 11 is 12.5. The molecule has 0 unspecified atom stereocenters. The average Bonchev–Trinajstić information content (AvgIpc) is 3.42. The van der Waals surface area contributed by atoms with E-state index in [1.54, 1.807) is 42.8 Å². The SMILES string of the molecule is Cc1cc(OCc2ccc(C(=O)Nc3c(C)nn(Cc4c(F)cccc4Cl)c3C)o2)c(C(C)C)cc1Cl. The zero-order valence-electron chi connectivity index (χ0n) is 21.3. The second kappa shape index (κ2) is 11.0. The number of anilines is 1. The van der Waals surface area contributed by atoms with Crippen LogP contribution in [0.25, 0.3) is 0 Å². The van der Waals surface area contributed by atoms with Crippen molar-refractivity contribution in [2.24, 2.45) is 0 Å². The fraction of sp³-hybridized carbons (Fsp3) is 0.286. The second-order valence-electron chi connectivity index (χ2n) is 9.21. The molecule has 0 spiro atoms. The predicted molar refractivity (Wildman–Crippen MR) is 143 cm³/mol. The highest BCUT2D eigenvalue weighted by Crippen LogP contribution is 2.33. The van der Waals surface area contributed by atoms with Gasteiger partial charge in [0, 0.05) is 15.6 Å². The number of halogens is 3. The number of aromatic nitrogens is 2. The van der Waals surface area contributed by atoms with Crippen molar-refractivity contribution in [1.82, 2.24) is 9.78 Å². The normalized spacial score (nSPS) is 11.3. The third-order valence-corrected chi connectivity index (χ3v) is 6.92. The van der Waals surface area contributed by atoms with Gasteiger partial charge < -0.3 is 14.5 Å². The summed E-state index contributed by atoms with van der Waals surface area (Å²) in [5.41, 5.74) is 4.04. The summed E-state index contributed by atoms with van der Waals surface area (Å²) in [4.78, 5) is 12.9. The number of furan rings is 1. The number of hydrogen-bond donors (Lipinski definition) is 1. The van der Waals surface area contributed by atoms with Crippen LogP contribution in [0.3, 0.4) is 0 Å². The maximum atomic E-state index is 14.3. The Morgan fingerprint density at radius 3 is 2.59 bits per heavy atom. The lowest BCUT2D eigenvalue weighted by Crippen LogP contribution is -2.13.